The van der Waals surface area contributed by atoms with Gasteiger partial charge in [-0.1, -0.05) is 11.3 Å². The average Bonchev–Trinajstić information content (AvgIpc) is 3.07. The Morgan fingerprint density at radius 2 is 1.93 bits per heavy atom. The second-order valence-electron chi connectivity index (χ2n) is 6.41. The number of fused-ring (bicyclic) bond motifs is 1. The summed E-state index contributed by atoms with van der Waals surface area (Å²) < 4.78 is 37.1. The van der Waals surface area contributed by atoms with Crippen LogP contribution >= 0.6 is 23.1 Å². The molecule has 0 N–H and O–H groups in total. The molecule has 3 aromatic rings. The van der Waals surface area contributed by atoms with Crippen molar-refractivity contribution in [3.05, 3.63) is 46.8 Å². The number of aromatic nitrogens is 1. The van der Waals surface area contributed by atoms with Gasteiger partial charge in [-0.15, -0.1) is 0 Å². The number of methoxy groups -OCH3 is 2. The van der Waals surface area contributed by atoms with Gasteiger partial charge >= 0.3 is 0 Å². The van der Waals surface area contributed by atoms with Gasteiger partial charge in [0.25, 0.3) is 5.91 Å². The van der Waals surface area contributed by atoms with E-state index in [0.717, 1.165) is 16.0 Å². The smallest absolute Gasteiger partial charge is 0.283 e. The first-order valence-electron chi connectivity index (χ1n) is 8.92. The predicted octanol–water partition coefficient (Wildman–Crippen LogP) is 3.23. The number of thiazole rings is 1. The van der Waals surface area contributed by atoms with Gasteiger partial charge in [-0.25, -0.2) is 8.42 Å². The van der Waals surface area contributed by atoms with E-state index in [9.17, 15) is 13.2 Å². The van der Waals surface area contributed by atoms with Crippen molar-refractivity contribution in [3.63, 3.8) is 0 Å². The molecular formula is C20H22N2O5S3. The van der Waals surface area contributed by atoms with E-state index in [-0.39, 0.29) is 4.90 Å². The number of nitrogens with zero attached hydrogens (tertiary/aromatic N) is 2. The van der Waals surface area contributed by atoms with E-state index >= 15 is 0 Å². The molecule has 0 aliphatic heterocycles. The molecule has 0 saturated carbocycles. The fourth-order valence-corrected chi connectivity index (χ4v) is 5.08. The number of hydrogen-bond donors (Lipinski definition) is 0. The minimum absolute atomic E-state index is 0.237. The molecule has 160 valence electrons. The second-order valence-corrected chi connectivity index (χ2v) is 10.4. The number of carbonyl (C=O) groups is 1. The van der Waals surface area contributed by atoms with Crippen LogP contribution in [-0.4, -0.2) is 51.4 Å². The molecule has 10 heteroatoms. The van der Waals surface area contributed by atoms with Gasteiger partial charge in [-0.05, 0) is 42.7 Å². The molecule has 30 heavy (non-hydrogen) atoms. The highest BCUT2D eigenvalue weighted by Crippen LogP contribution is 2.25. The van der Waals surface area contributed by atoms with Crippen LogP contribution in [0.4, 0.5) is 0 Å². The fourth-order valence-electron chi connectivity index (χ4n) is 2.90. The molecular weight excluding hydrogens is 444 g/mol. The van der Waals surface area contributed by atoms with Gasteiger partial charge in [0.05, 0.1) is 34.9 Å². The molecule has 1 aromatic heterocycles. The third-order valence-electron chi connectivity index (χ3n) is 4.44. The zero-order chi connectivity index (χ0) is 21.9. The van der Waals surface area contributed by atoms with Crippen molar-refractivity contribution in [1.29, 1.82) is 0 Å². The summed E-state index contributed by atoms with van der Waals surface area (Å²) in [7, 11) is -0.320. The maximum absolute atomic E-state index is 13.0. The normalized spacial score (nSPS) is 12.3. The van der Waals surface area contributed by atoms with Gasteiger partial charge in [0.15, 0.2) is 14.6 Å². The Labute approximate surface area is 183 Å². The number of carbonyl (C=O) groups excluding carboxylic acids is 1. The minimum atomic E-state index is -3.33. The third-order valence-corrected chi connectivity index (χ3v) is 7.18. The predicted molar refractivity (Wildman–Crippen MR) is 121 cm³/mol. The van der Waals surface area contributed by atoms with Gasteiger partial charge in [-0.3, -0.25) is 4.79 Å². The second kappa shape index (κ2) is 9.23. The molecule has 0 radical (unpaired) electrons. The maximum Gasteiger partial charge on any atom is 0.283 e. The van der Waals surface area contributed by atoms with Gasteiger partial charge in [0, 0.05) is 18.6 Å². The van der Waals surface area contributed by atoms with E-state index in [0.29, 0.717) is 28.4 Å². The van der Waals surface area contributed by atoms with Crippen LogP contribution in [0.1, 0.15) is 10.4 Å². The molecule has 7 nitrogen and oxygen atoms in total. The first-order valence-corrected chi connectivity index (χ1v) is 13.0. The van der Waals surface area contributed by atoms with Crippen LogP contribution in [0.15, 0.2) is 46.3 Å². The molecule has 0 unspecified atom stereocenters. The topological polar surface area (TPSA) is 87.0 Å². The average molecular weight is 467 g/mol. The van der Waals surface area contributed by atoms with Crippen molar-refractivity contribution in [2.75, 3.05) is 32.5 Å². The standard InChI is InChI=1S/C20H22N2O5S3/c1-26-13-5-8-17(27-2)15(11-13)19(23)21-20-22(9-10-28-3)16-7-6-14(30(4,24)25)12-18(16)29-20/h5-8,11-12H,9-10H2,1-4H3. The summed E-state index contributed by atoms with van der Waals surface area (Å²) in [6.45, 7) is 0.640. The quantitative estimate of drug-likeness (QED) is 0.531. The van der Waals surface area contributed by atoms with Crippen molar-refractivity contribution in [2.24, 2.45) is 4.99 Å². The van der Waals surface area contributed by atoms with Gasteiger partial charge in [-0.2, -0.15) is 16.8 Å². The third kappa shape index (κ3) is 4.71. The summed E-state index contributed by atoms with van der Waals surface area (Å²) in [6, 6.07) is 9.93. The van der Waals surface area contributed by atoms with E-state index in [4.69, 9.17) is 9.47 Å². The Kier molecular flexibility index (Phi) is 6.89. The number of thioether (sulfide) groups is 1. The number of sulfone groups is 1. The Hall–Kier alpha value is -2.30. The van der Waals surface area contributed by atoms with Crippen molar-refractivity contribution >= 4 is 49.1 Å². The summed E-state index contributed by atoms with van der Waals surface area (Å²) >= 11 is 2.96. The highest BCUT2D eigenvalue weighted by molar-refractivity contribution is 7.98. The fraction of sp³-hybridized carbons (Fsp3) is 0.300. The van der Waals surface area contributed by atoms with E-state index in [2.05, 4.69) is 4.99 Å². The lowest BCUT2D eigenvalue weighted by atomic mass is 10.2. The van der Waals surface area contributed by atoms with Gasteiger partial charge in [0.1, 0.15) is 11.5 Å². The lowest BCUT2D eigenvalue weighted by molar-refractivity contribution is 0.0994. The summed E-state index contributed by atoms with van der Waals surface area (Å²) in [5, 5.41) is 0. The van der Waals surface area contributed by atoms with Crippen molar-refractivity contribution in [3.8, 4) is 11.5 Å². The Bertz CT molecular complexity index is 1260. The number of rotatable bonds is 7. The Balaban J connectivity index is 2.18. The summed E-state index contributed by atoms with van der Waals surface area (Å²) in [5.41, 5.74) is 1.13. The van der Waals surface area contributed by atoms with E-state index in [1.807, 2.05) is 10.8 Å². The summed E-state index contributed by atoms with van der Waals surface area (Å²) in [5.74, 6) is 1.29. The molecule has 0 aliphatic carbocycles. The lowest BCUT2D eigenvalue weighted by Gasteiger charge is -2.08. The largest absolute Gasteiger partial charge is 0.497 e. The molecule has 0 atom stereocenters. The summed E-state index contributed by atoms with van der Waals surface area (Å²) in [4.78, 5) is 18.1. The maximum atomic E-state index is 13.0. The number of hydrogen-bond acceptors (Lipinski definition) is 7. The Morgan fingerprint density at radius 3 is 2.57 bits per heavy atom. The van der Waals surface area contributed by atoms with Crippen LogP contribution in [0.2, 0.25) is 0 Å². The molecule has 0 bridgehead atoms. The molecule has 0 saturated heterocycles. The molecule has 3 rings (SSSR count). The van der Waals surface area contributed by atoms with Crippen LogP contribution < -0.4 is 14.3 Å². The van der Waals surface area contributed by atoms with Crippen molar-refractivity contribution in [2.45, 2.75) is 11.4 Å². The monoisotopic (exact) mass is 466 g/mol. The first-order chi connectivity index (χ1) is 14.3. The van der Waals surface area contributed by atoms with E-state index in [1.165, 1.54) is 31.8 Å². The Morgan fingerprint density at radius 1 is 1.17 bits per heavy atom. The van der Waals surface area contributed by atoms with Crippen LogP contribution in [0.3, 0.4) is 0 Å². The summed E-state index contributed by atoms with van der Waals surface area (Å²) in [6.07, 6.45) is 3.17. The van der Waals surface area contributed by atoms with Crippen LogP contribution in [-0.2, 0) is 16.4 Å². The highest BCUT2D eigenvalue weighted by Gasteiger charge is 2.16. The SMILES string of the molecule is COc1ccc(OC)c(C(=O)N=c2sc3cc(S(C)(=O)=O)ccc3n2CCSC)c1. The zero-order valence-electron chi connectivity index (χ0n) is 17.0. The lowest BCUT2D eigenvalue weighted by Crippen LogP contribution is -2.18. The number of aryl methyl sites for hydroxylation is 1. The molecule has 0 fully saturated rings. The first kappa shape index (κ1) is 22.4. The molecule has 1 heterocycles. The minimum Gasteiger partial charge on any atom is -0.497 e. The van der Waals surface area contributed by atoms with Crippen molar-refractivity contribution in [1.82, 2.24) is 4.57 Å². The molecule has 2 aromatic carbocycles. The number of benzene rings is 2. The molecule has 0 spiro atoms. The zero-order valence-corrected chi connectivity index (χ0v) is 19.5. The number of ether oxygens (including phenoxy) is 2. The molecule has 0 aliphatic rings. The number of amides is 1. The van der Waals surface area contributed by atoms with Crippen LogP contribution in [0, 0.1) is 0 Å². The van der Waals surface area contributed by atoms with Crippen LogP contribution in [0.5, 0.6) is 11.5 Å². The highest BCUT2D eigenvalue weighted by atomic mass is 32.2. The van der Waals surface area contributed by atoms with Crippen LogP contribution in [0.25, 0.3) is 10.2 Å². The van der Waals surface area contributed by atoms with Gasteiger partial charge in [0.2, 0.25) is 0 Å². The van der Waals surface area contributed by atoms with Gasteiger partial charge < -0.3 is 14.0 Å². The van der Waals surface area contributed by atoms with E-state index < -0.39 is 15.7 Å². The van der Waals surface area contributed by atoms with E-state index in [1.54, 1.807) is 48.2 Å². The molecule has 1 amide bonds. The van der Waals surface area contributed by atoms with Crippen molar-refractivity contribution < 1.29 is 22.7 Å².